The van der Waals surface area contributed by atoms with Crippen molar-refractivity contribution in [2.45, 2.75) is 6.61 Å². The molecule has 0 saturated carbocycles. The number of rotatable bonds is 4. The summed E-state index contributed by atoms with van der Waals surface area (Å²) in [4.78, 5) is 4.33. The Hall–Kier alpha value is -3.02. The molecule has 0 radical (unpaired) electrons. The molecule has 0 amide bonds. The lowest BCUT2D eigenvalue weighted by Gasteiger charge is -2.04. The summed E-state index contributed by atoms with van der Waals surface area (Å²) in [6.45, 7) is 0.480. The van der Waals surface area contributed by atoms with Gasteiger partial charge in [-0.25, -0.2) is 9.37 Å². The molecule has 1 aromatic heterocycles. The topological polar surface area (TPSA) is 53.7 Å². The van der Waals surface area contributed by atoms with E-state index in [9.17, 15) is 4.39 Å². The molecule has 0 saturated heterocycles. The van der Waals surface area contributed by atoms with Gasteiger partial charge in [-0.05, 0) is 36.4 Å². The number of fused-ring (bicyclic) bond motifs is 1. The van der Waals surface area contributed by atoms with Gasteiger partial charge in [-0.2, -0.15) is 0 Å². The Morgan fingerprint density at radius 3 is 2.74 bits per heavy atom. The molecule has 23 heavy (non-hydrogen) atoms. The van der Waals surface area contributed by atoms with Gasteiger partial charge in [-0.15, -0.1) is 0 Å². The summed E-state index contributed by atoms with van der Waals surface area (Å²) in [5.74, 6) is 2.15. The van der Waals surface area contributed by atoms with Crippen LogP contribution in [0.5, 0.6) is 17.2 Å². The van der Waals surface area contributed by atoms with Crippen molar-refractivity contribution in [3.8, 4) is 28.7 Å². The first-order valence-corrected chi connectivity index (χ1v) is 7.01. The first-order chi connectivity index (χ1) is 11.3. The van der Waals surface area contributed by atoms with Gasteiger partial charge in [0.2, 0.25) is 12.7 Å². The van der Waals surface area contributed by atoms with Crippen molar-refractivity contribution in [1.82, 2.24) is 4.98 Å². The van der Waals surface area contributed by atoms with Crippen molar-refractivity contribution < 1.29 is 23.0 Å². The summed E-state index contributed by atoms with van der Waals surface area (Å²) in [7, 11) is 0. The van der Waals surface area contributed by atoms with E-state index in [0.717, 1.165) is 0 Å². The van der Waals surface area contributed by atoms with E-state index in [2.05, 4.69) is 4.98 Å². The van der Waals surface area contributed by atoms with Gasteiger partial charge < -0.3 is 18.6 Å². The number of nitrogens with zero attached hydrogens (tertiary/aromatic N) is 1. The van der Waals surface area contributed by atoms with Crippen molar-refractivity contribution in [2.24, 2.45) is 0 Å². The van der Waals surface area contributed by atoms with Crippen LogP contribution in [0.15, 0.2) is 53.1 Å². The molecule has 2 aromatic carbocycles. The molecule has 1 aliphatic rings. The summed E-state index contributed by atoms with van der Waals surface area (Å²) in [6, 6.07) is 11.3. The summed E-state index contributed by atoms with van der Waals surface area (Å²) in [5, 5.41) is 0. The van der Waals surface area contributed by atoms with Crippen molar-refractivity contribution >= 4 is 0 Å². The molecule has 0 aliphatic carbocycles. The maximum absolute atomic E-state index is 12.9. The molecule has 0 N–H and O–H groups in total. The van der Waals surface area contributed by atoms with Crippen molar-refractivity contribution in [1.29, 1.82) is 0 Å². The third-order valence-electron chi connectivity index (χ3n) is 3.37. The summed E-state index contributed by atoms with van der Waals surface area (Å²) >= 11 is 0. The zero-order valence-electron chi connectivity index (χ0n) is 12.0. The summed E-state index contributed by atoms with van der Waals surface area (Å²) in [5.41, 5.74) is 1.35. The maximum Gasteiger partial charge on any atom is 0.231 e. The third kappa shape index (κ3) is 2.83. The van der Waals surface area contributed by atoms with E-state index in [1.807, 2.05) is 0 Å². The highest BCUT2D eigenvalue weighted by molar-refractivity contribution is 5.52. The first-order valence-electron chi connectivity index (χ1n) is 7.01. The predicted molar refractivity (Wildman–Crippen MR) is 78.8 cm³/mol. The standard InChI is InChI=1S/C17H12FNO4/c18-12-3-1-11(2-4-12)17-19-13(9-21-17)8-20-14-5-6-15-16(7-14)23-10-22-15/h1-7,9H,8,10H2. The lowest BCUT2D eigenvalue weighted by molar-refractivity contribution is 0.173. The van der Waals surface area contributed by atoms with E-state index in [-0.39, 0.29) is 19.2 Å². The Kier molecular flexibility index (Phi) is 3.34. The Morgan fingerprint density at radius 1 is 1.04 bits per heavy atom. The van der Waals surface area contributed by atoms with Crippen LogP contribution in [-0.2, 0) is 6.61 Å². The number of hydrogen-bond donors (Lipinski definition) is 0. The lowest BCUT2D eigenvalue weighted by Crippen LogP contribution is -1.95. The van der Waals surface area contributed by atoms with Gasteiger partial charge in [-0.1, -0.05) is 0 Å². The number of hydrogen-bond acceptors (Lipinski definition) is 5. The Bertz CT molecular complexity index is 829. The quantitative estimate of drug-likeness (QED) is 0.733. The molecule has 3 aromatic rings. The third-order valence-corrected chi connectivity index (χ3v) is 3.37. The van der Waals surface area contributed by atoms with Crippen molar-refractivity contribution in [2.75, 3.05) is 6.79 Å². The van der Waals surface area contributed by atoms with Crippen LogP contribution in [0.25, 0.3) is 11.5 Å². The van der Waals surface area contributed by atoms with E-state index in [4.69, 9.17) is 18.6 Å². The largest absolute Gasteiger partial charge is 0.487 e. The second-order valence-corrected chi connectivity index (χ2v) is 4.95. The molecule has 0 spiro atoms. The normalized spacial score (nSPS) is 12.4. The van der Waals surface area contributed by atoms with Crippen LogP contribution < -0.4 is 14.2 Å². The second-order valence-electron chi connectivity index (χ2n) is 4.95. The molecule has 116 valence electrons. The average molecular weight is 313 g/mol. The summed E-state index contributed by atoms with van der Waals surface area (Å²) in [6.07, 6.45) is 1.52. The first kappa shape index (κ1) is 13.6. The Morgan fingerprint density at radius 2 is 1.87 bits per heavy atom. The number of halogens is 1. The molecule has 0 unspecified atom stereocenters. The van der Waals surface area contributed by atoms with Gasteiger partial charge in [0.25, 0.3) is 0 Å². The van der Waals surface area contributed by atoms with Gasteiger partial charge >= 0.3 is 0 Å². The fraction of sp³-hybridized carbons (Fsp3) is 0.118. The lowest BCUT2D eigenvalue weighted by atomic mass is 10.2. The molecule has 6 heteroatoms. The highest BCUT2D eigenvalue weighted by atomic mass is 19.1. The molecule has 1 aliphatic heterocycles. The van der Waals surface area contributed by atoms with Crippen LogP contribution in [0, 0.1) is 5.82 Å². The van der Waals surface area contributed by atoms with Gasteiger partial charge in [0, 0.05) is 11.6 Å². The molecule has 2 heterocycles. The number of benzene rings is 2. The average Bonchev–Trinajstić information content (AvgIpc) is 3.22. The minimum atomic E-state index is -0.299. The van der Waals surface area contributed by atoms with E-state index >= 15 is 0 Å². The molecular weight excluding hydrogens is 301 g/mol. The van der Waals surface area contributed by atoms with Crippen LogP contribution in [0.1, 0.15) is 5.69 Å². The SMILES string of the molecule is Fc1ccc(-c2nc(COc3ccc4c(c3)OCO4)co2)cc1. The van der Waals surface area contributed by atoms with Gasteiger partial charge in [0.1, 0.15) is 30.1 Å². The highest BCUT2D eigenvalue weighted by Crippen LogP contribution is 2.35. The van der Waals surface area contributed by atoms with Crippen molar-refractivity contribution in [3.05, 3.63) is 60.2 Å². The van der Waals surface area contributed by atoms with E-state index < -0.39 is 0 Å². The fourth-order valence-electron chi connectivity index (χ4n) is 2.22. The van der Waals surface area contributed by atoms with Crippen LogP contribution in [0.4, 0.5) is 4.39 Å². The molecule has 0 atom stereocenters. The number of oxazole rings is 1. The van der Waals surface area contributed by atoms with Gasteiger partial charge in [-0.3, -0.25) is 0 Å². The summed E-state index contributed by atoms with van der Waals surface area (Å²) < 4.78 is 34.5. The molecular formula is C17H12FNO4. The van der Waals surface area contributed by atoms with Gasteiger partial charge in [0.15, 0.2) is 11.5 Å². The number of aromatic nitrogens is 1. The van der Waals surface area contributed by atoms with Crippen LogP contribution in [0.2, 0.25) is 0 Å². The van der Waals surface area contributed by atoms with Crippen LogP contribution in [-0.4, -0.2) is 11.8 Å². The van der Waals surface area contributed by atoms with E-state index in [1.54, 1.807) is 30.3 Å². The maximum atomic E-state index is 12.9. The predicted octanol–water partition coefficient (Wildman–Crippen LogP) is 3.79. The molecule has 0 fully saturated rings. The zero-order chi connectivity index (χ0) is 15.6. The van der Waals surface area contributed by atoms with Gasteiger partial charge in [0.05, 0.1) is 0 Å². The van der Waals surface area contributed by atoms with Crippen LogP contribution in [0.3, 0.4) is 0 Å². The monoisotopic (exact) mass is 313 g/mol. The van der Waals surface area contributed by atoms with E-state index in [1.165, 1.54) is 18.4 Å². The highest BCUT2D eigenvalue weighted by Gasteiger charge is 2.14. The Balaban J connectivity index is 1.44. The number of ether oxygens (including phenoxy) is 3. The molecule has 0 bridgehead atoms. The van der Waals surface area contributed by atoms with E-state index in [0.29, 0.717) is 34.4 Å². The zero-order valence-corrected chi connectivity index (χ0v) is 12.0. The minimum Gasteiger partial charge on any atom is -0.487 e. The molecule has 4 rings (SSSR count). The fourth-order valence-corrected chi connectivity index (χ4v) is 2.22. The van der Waals surface area contributed by atoms with Crippen LogP contribution >= 0.6 is 0 Å². The second kappa shape index (κ2) is 5.64. The van der Waals surface area contributed by atoms with Crippen molar-refractivity contribution in [3.63, 3.8) is 0 Å². The smallest absolute Gasteiger partial charge is 0.231 e. The molecule has 5 nitrogen and oxygen atoms in total. The minimum absolute atomic E-state index is 0.225. The Labute approximate surface area is 131 Å².